The summed E-state index contributed by atoms with van der Waals surface area (Å²) in [7, 11) is 0. The SMILES string of the molecule is CC1(C)c2ccccc2-c2cc(-c3cccc4c3-c3ccc(N(c5ccc(C6CCCCC6)cc5)c5ccccc5-c5ccccc5)cc3C4(C)C)ccc21. The zero-order valence-electron chi connectivity index (χ0n) is 32.6. The molecule has 0 amide bonds. The highest BCUT2D eigenvalue weighted by molar-refractivity contribution is 5.96. The molecule has 7 aromatic rings. The van der Waals surface area contributed by atoms with Crippen LogP contribution in [0.25, 0.3) is 44.5 Å². The van der Waals surface area contributed by atoms with E-state index in [1.807, 2.05) is 0 Å². The van der Waals surface area contributed by atoms with Gasteiger partial charge in [-0.1, -0.05) is 168 Å². The van der Waals surface area contributed by atoms with Gasteiger partial charge in [0.1, 0.15) is 0 Å². The van der Waals surface area contributed by atoms with Crippen LogP contribution in [0, 0.1) is 0 Å². The van der Waals surface area contributed by atoms with E-state index in [9.17, 15) is 0 Å². The Hall–Kier alpha value is -5.66. The summed E-state index contributed by atoms with van der Waals surface area (Å²) in [5.41, 5.74) is 21.0. The maximum absolute atomic E-state index is 2.49. The van der Waals surface area contributed by atoms with Gasteiger partial charge in [-0.05, 0) is 122 Å². The maximum Gasteiger partial charge on any atom is 0.0540 e. The number of anilines is 3. The molecule has 55 heavy (non-hydrogen) atoms. The van der Waals surface area contributed by atoms with E-state index in [4.69, 9.17) is 0 Å². The smallest absolute Gasteiger partial charge is 0.0540 e. The Bertz CT molecular complexity index is 2560. The summed E-state index contributed by atoms with van der Waals surface area (Å²) >= 11 is 0. The lowest BCUT2D eigenvalue weighted by molar-refractivity contribution is 0.443. The van der Waals surface area contributed by atoms with E-state index in [0.29, 0.717) is 5.92 Å². The normalized spacial score (nSPS) is 16.2. The molecule has 1 saturated carbocycles. The number of fused-ring (bicyclic) bond motifs is 6. The number of hydrogen-bond donors (Lipinski definition) is 0. The van der Waals surface area contributed by atoms with Gasteiger partial charge in [0.15, 0.2) is 0 Å². The van der Waals surface area contributed by atoms with Gasteiger partial charge >= 0.3 is 0 Å². The summed E-state index contributed by atoms with van der Waals surface area (Å²) in [5.74, 6) is 0.674. The Labute approximate surface area is 327 Å². The van der Waals surface area contributed by atoms with Crippen LogP contribution in [-0.4, -0.2) is 0 Å². The molecule has 7 aromatic carbocycles. The number of hydrogen-bond acceptors (Lipinski definition) is 1. The zero-order valence-corrected chi connectivity index (χ0v) is 32.6. The highest BCUT2D eigenvalue weighted by Crippen LogP contribution is 2.55. The predicted molar refractivity (Wildman–Crippen MR) is 233 cm³/mol. The molecule has 0 bridgehead atoms. The van der Waals surface area contributed by atoms with Crippen LogP contribution in [0.15, 0.2) is 158 Å². The minimum absolute atomic E-state index is 0.00468. The lowest BCUT2D eigenvalue weighted by Crippen LogP contribution is -2.17. The number of nitrogens with zero attached hydrogens (tertiary/aromatic N) is 1. The molecule has 1 fully saturated rings. The summed E-state index contributed by atoms with van der Waals surface area (Å²) in [6, 6.07) is 59.7. The highest BCUT2D eigenvalue weighted by Gasteiger charge is 2.39. The lowest BCUT2D eigenvalue weighted by Gasteiger charge is -2.30. The van der Waals surface area contributed by atoms with E-state index in [1.165, 1.54) is 121 Å². The molecule has 0 N–H and O–H groups in total. The fourth-order valence-corrected chi connectivity index (χ4v) is 10.3. The first-order valence-corrected chi connectivity index (χ1v) is 20.4. The van der Waals surface area contributed by atoms with Crippen molar-refractivity contribution in [2.75, 3.05) is 4.90 Å². The van der Waals surface area contributed by atoms with E-state index >= 15 is 0 Å². The molecular weight excluding hydrogens is 663 g/mol. The van der Waals surface area contributed by atoms with E-state index < -0.39 is 0 Å². The van der Waals surface area contributed by atoms with Crippen LogP contribution in [0.4, 0.5) is 17.1 Å². The van der Waals surface area contributed by atoms with Crippen molar-refractivity contribution < 1.29 is 0 Å². The van der Waals surface area contributed by atoms with Crippen molar-refractivity contribution in [2.24, 2.45) is 0 Å². The van der Waals surface area contributed by atoms with Gasteiger partial charge in [0.25, 0.3) is 0 Å². The van der Waals surface area contributed by atoms with Crippen molar-refractivity contribution in [1.29, 1.82) is 0 Å². The molecule has 1 nitrogen and oxygen atoms in total. The van der Waals surface area contributed by atoms with Gasteiger partial charge in [-0.25, -0.2) is 0 Å². The third-order valence-corrected chi connectivity index (χ3v) is 13.3. The van der Waals surface area contributed by atoms with Crippen LogP contribution in [-0.2, 0) is 10.8 Å². The second-order valence-electron chi connectivity index (χ2n) is 17.2. The minimum atomic E-state index is -0.169. The van der Waals surface area contributed by atoms with Crippen LogP contribution < -0.4 is 4.90 Å². The first-order valence-electron chi connectivity index (χ1n) is 20.4. The molecular formula is C54H49N. The van der Waals surface area contributed by atoms with Crippen LogP contribution in [0.2, 0.25) is 0 Å². The quantitative estimate of drug-likeness (QED) is 0.166. The van der Waals surface area contributed by atoms with Gasteiger partial charge < -0.3 is 4.90 Å². The standard InChI is InChI=1S/C54H49N/c1-53(2)47-23-13-11-21-44(47)46-34-39(28-33-48(46)53)43-22-15-24-49-52(43)45-32-31-41(35-50(45)54(49,3)4)55(40-29-26-37(27-30-40)36-16-7-5-8-17-36)51-25-14-12-20-42(51)38-18-9-6-10-19-38/h6,9-15,18-36H,5,7-8,16-17H2,1-4H3. The van der Waals surface area contributed by atoms with Crippen LogP contribution in [0.3, 0.4) is 0 Å². The summed E-state index contributed by atoms with van der Waals surface area (Å²) in [4.78, 5) is 2.49. The first kappa shape index (κ1) is 33.9. The Morgan fingerprint density at radius 2 is 1.05 bits per heavy atom. The molecule has 0 aliphatic heterocycles. The predicted octanol–water partition coefficient (Wildman–Crippen LogP) is 15.2. The second-order valence-corrected chi connectivity index (χ2v) is 17.2. The van der Waals surface area contributed by atoms with Gasteiger partial charge in [-0.15, -0.1) is 0 Å². The maximum atomic E-state index is 2.49. The second kappa shape index (κ2) is 13.0. The molecule has 0 heterocycles. The first-order chi connectivity index (χ1) is 26.8. The Morgan fingerprint density at radius 1 is 0.418 bits per heavy atom. The molecule has 3 aliphatic rings. The van der Waals surface area contributed by atoms with Gasteiger partial charge in [0, 0.05) is 27.8 Å². The van der Waals surface area contributed by atoms with E-state index in [1.54, 1.807) is 0 Å². The molecule has 0 atom stereocenters. The van der Waals surface area contributed by atoms with Crippen LogP contribution >= 0.6 is 0 Å². The molecule has 0 radical (unpaired) electrons. The summed E-state index contributed by atoms with van der Waals surface area (Å²) in [6.07, 6.45) is 6.67. The average Bonchev–Trinajstić information content (AvgIpc) is 3.61. The van der Waals surface area contributed by atoms with Gasteiger partial charge in [0.2, 0.25) is 0 Å². The van der Waals surface area contributed by atoms with Crippen molar-refractivity contribution in [3.63, 3.8) is 0 Å². The third kappa shape index (κ3) is 5.42. The molecule has 0 unspecified atom stereocenters. The molecule has 0 saturated heterocycles. The van der Waals surface area contributed by atoms with Gasteiger partial charge in [-0.3, -0.25) is 0 Å². The largest absolute Gasteiger partial charge is 0.310 e. The van der Waals surface area contributed by atoms with E-state index in [0.717, 1.165) is 0 Å². The van der Waals surface area contributed by atoms with Crippen molar-refractivity contribution in [3.05, 3.63) is 186 Å². The Morgan fingerprint density at radius 3 is 1.85 bits per heavy atom. The van der Waals surface area contributed by atoms with Crippen molar-refractivity contribution in [2.45, 2.75) is 76.5 Å². The van der Waals surface area contributed by atoms with Crippen molar-refractivity contribution in [3.8, 4) is 44.5 Å². The Balaban J connectivity index is 1.11. The molecule has 10 rings (SSSR count). The summed E-state index contributed by atoms with van der Waals surface area (Å²) in [6.45, 7) is 9.54. The number of rotatable bonds is 6. The third-order valence-electron chi connectivity index (χ3n) is 13.3. The number of benzene rings is 7. The minimum Gasteiger partial charge on any atom is -0.310 e. The lowest BCUT2D eigenvalue weighted by atomic mass is 9.81. The fraction of sp³-hybridized carbons (Fsp3) is 0.222. The molecule has 0 aromatic heterocycles. The molecule has 270 valence electrons. The molecule has 1 heteroatoms. The Kier molecular flexibility index (Phi) is 8.00. The molecule has 3 aliphatic carbocycles. The average molecular weight is 712 g/mol. The van der Waals surface area contributed by atoms with E-state index in [-0.39, 0.29) is 10.8 Å². The van der Waals surface area contributed by atoms with Crippen LogP contribution in [0.5, 0.6) is 0 Å². The topological polar surface area (TPSA) is 3.24 Å². The fourth-order valence-electron chi connectivity index (χ4n) is 10.3. The molecule has 0 spiro atoms. The summed E-state index contributed by atoms with van der Waals surface area (Å²) in [5, 5.41) is 0. The zero-order chi connectivity index (χ0) is 37.3. The monoisotopic (exact) mass is 711 g/mol. The highest BCUT2D eigenvalue weighted by atomic mass is 15.1. The summed E-state index contributed by atoms with van der Waals surface area (Å²) < 4.78 is 0. The van der Waals surface area contributed by atoms with Crippen molar-refractivity contribution >= 4 is 17.1 Å². The van der Waals surface area contributed by atoms with Gasteiger partial charge in [-0.2, -0.15) is 0 Å². The van der Waals surface area contributed by atoms with Gasteiger partial charge in [0.05, 0.1) is 5.69 Å². The number of para-hydroxylation sites is 1. The van der Waals surface area contributed by atoms with Crippen molar-refractivity contribution in [1.82, 2.24) is 0 Å². The van der Waals surface area contributed by atoms with Crippen LogP contribution in [0.1, 0.15) is 93.5 Å². The van der Waals surface area contributed by atoms with E-state index in [2.05, 4.69) is 190 Å².